The fraction of sp³-hybridized carbons (Fsp3) is 0.800. The topological polar surface area (TPSA) is 34.1 Å². The number of rotatable bonds is 7. The molecule has 19 heavy (non-hydrogen) atoms. The molecule has 0 aliphatic heterocycles. The second-order valence-corrected chi connectivity index (χ2v) is 7.06. The zero-order valence-corrected chi connectivity index (χ0v) is 13.6. The first kappa shape index (κ1) is 14.9. The van der Waals surface area contributed by atoms with Gasteiger partial charge in [0, 0.05) is 18.0 Å². The second-order valence-electron chi connectivity index (χ2n) is 5.85. The number of hydrogen-bond acceptors (Lipinski definition) is 4. The molecule has 0 spiro atoms. The van der Waals surface area contributed by atoms with Crippen LogP contribution in [-0.2, 0) is 16.7 Å². The van der Waals surface area contributed by atoms with Crippen molar-refractivity contribution in [3.8, 4) is 0 Å². The van der Waals surface area contributed by atoms with Gasteiger partial charge in [0.15, 0.2) is 0 Å². The van der Waals surface area contributed by atoms with Gasteiger partial charge in [0.1, 0.15) is 5.01 Å². The Bertz CT molecular complexity index is 426. The standard InChI is InChI=1S/C15H26N2OS/c1-6-13-11(4)19-14(16-13)15(9-18-5,12-7-8-12)17-10(2)3/h10,12,17H,6-9H2,1-5H3. The second kappa shape index (κ2) is 5.90. The minimum atomic E-state index is -0.0776. The van der Waals surface area contributed by atoms with Crippen LogP contribution < -0.4 is 5.32 Å². The van der Waals surface area contributed by atoms with Gasteiger partial charge in [0.25, 0.3) is 0 Å². The third-order valence-corrected chi connectivity index (χ3v) is 4.99. The Morgan fingerprint density at radius 2 is 2.16 bits per heavy atom. The van der Waals surface area contributed by atoms with Gasteiger partial charge in [-0.2, -0.15) is 0 Å². The summed E-state index contributed by atoms with van der Waals surface area (Å²) in [5, 5.41) is 4.98. The summed E-state index contributed by atoms with van der Waals surface area (Å²) in [6.45, 7) is 9.48. The number of aryl methyl sites for hydroxylation is 2. The summed E-state index contributed by atoms with van der Waals surface area (Å²) < 4.78 is 5.55. The van der Waals surface area contributed by atoms with Gasteiger partial charge in [-0.1, -0.05) is 6.92 Å². The lowest BCUT2D eigenvalue weighted by molar-refractivity contribution is 0.0861. The average Bonchev–Trinajstić information content (AvgIpc) is 3.12. The Hall–Kier alpha value is -0.450. The fourth-order valence-electron chi connectivity index (χ4n) is 2.84. The van der Waals surface area contributed by atoms with Gasteiger partial charge in [-0.05, 0) is 46.0 Å². The Morgan fingerprint density at radius 1 is 1.47 bits per heavy atom. The first-order valence-corrected chi connectivity index (χ1v) is 8.08. The van der Waals surface area contributed by atoms with Crippen LogP contribution >= 0.6 is 11.3 Å². The van der Waals surface area contributed by atoms with Crippen molar-refractivity contribution in [1.29, 1.82) is 0 Å². The van der Waals surface area contributed by atoms with E-state index in [1.807, 2.05) is 11.3 Å². The molecule has 1 aromatic rings. The smallest absolute Gasteiger partial charge is 0.116 e. The van der Waals surface area contributed by atoms with Gasteiger partial charge in [0.2, 0.25) is 0 Å². The molecular weight excluding hydrogens is 256 g/mol. The molecule has 1 unspecified atom stereocenters. The number of hydrogen-bond donors (Lipinski definition) is 1. The predicted molar refractivity (Wildman–Crippen MR) is 80.8 cm³/mol. The van der Waals surface area contributed by atoms with Crippen molar-refractivity contribution >= 4 is 11.3 Å². The van der Waals surface area contributed by atoms with Crippen molar-refractivity contribution in [1.82, 2.24) is 10.3 Å². The number of methoxy groups -OCH3 is 1. The van der Waals surface area contributed by atoms with E-state index >= 15 is 0 Å². The van der Waals surface area contributed by atoms with E-state index in [1.165, 1.54) is 28.4 Å². The van der Waals surface area contributed by atoms with Gasteiger partial charge in [-0.25, -0.2) is 4.98 Å². The molecule has 1 aliphatic rings. The lowest BCUT2D eigenvalue weighted by atomic mass is 9.93. The average molecular weight is 282 g/mol. The normalized spacial score (nSPS) is 18.8. The molecular formula is C15H26N2OS. The van der Waals surface area contributed by atoms with Crippen molar-refractivity contribution in [2.45, 2.75) is 58.5 Å². The van der Waals surface area contributed by atoms with E-state index in [9.17, 15) is 0 Å². The molecule has 4 heteroatoms. The summed E-state index contributed by atoms with van der Waals surface area (Å²) in [6, 6.07) is 0.435. The van der Waals surface area contributed by atoms with Crippen molar-refractivity contribution < 1.29 is 4.74 Å². The molecule has 1 N–H and O–H groups in total. The van der Waals surface area contributed by atoms with E-state index in [2.05, 4.69) is 33.0 Å². The molecule has 0 amide bonds. The molecule has 0 saturated heterocycles. The van der Waals surface area contributed by atoms with Crippen LogP contribution in [0, 0.1) is 12.8 Å². The molecule has 1 saturated carbocycles. The molecule has 0 aromatic carbocycles. The van der Waals surface area contributed by atoms with E-state index < -0.39 is 0 Å². The summed E-state index contributed by atoms with van der Waals surface area (Å²) in [6.07, 6.45) is 3.57. The molecule has 1 atom stereocenters. The third kappa shape index (κ3) is 3.01. The highest BCUT2D eigenvalue weighted by molar-refractivity contribution is 7.11. The maximum absolute atomic E-state index is 5.55. The van der Waals surface area contributed by atoms with E-state index in [4.69, 9.17) is 9.72 Å². The highest BCUT2D eigenvalue weighted by atomic mass is 32.1. The predicted octanol–water partition coefficient (Wildman–Crippen LogP) is 3.26. The minimum absolute atomic E-state index is 0.0776. The largest absolute Gasteiger partial charge is 0.382 e. The summed E-state index contributed by atoms with van der Waals surface area (Å²) in [7, 11) is 1.79. The fourth-order valence-corrected chi connectivity index (χ4v) is 4.06. The van der Waals surface area contributed by atoms with Crippen molar-refractivity contribution in [3.63, 3.8) is 0 Å². The maximum atomic E-state index is 5.55. The lowest BCUT2D eigenvalue weighted by Gasteiger charge is -2.34. The van der Waals surface area contributed by atoms with Crippen LogP contribution in [0.15, 0.2) is 0 Å². The number of nitrogens with zero attached hydrogens (tertiary/aromatic N) is 1. The van der Waals surface area contributed by atoms with Gasteiger partial charge in [-0.3, -0.25) is 0 Å². The van der Waals surface area contributed by atoms with Crippen LogP contribution in [0.4, 0.5) is 0 Å². The molecule has 1 aromatic heterocycles. The van der Waals surface area contributed by atoms with Crippen LogP contribution in [0.2, 0.25) is 0 Å². The summed E-state index contributed by atoms with van der Waals surface area (Å²) in [5.41, 5.74) is 1.16. The van der Waals surface area contributed by atoms with E-state index in [0.29, 0.717) is 18.6 Å². The van der Waals surface area contributed by atoms with Gasteiger partial charge in [-0.15, -0.1) is 11.3 Å². The van der Waals surface area contributed by atoms with Crippen molar-refractivity contribution in [2.24, 2.45) is 5.92 Å². The molecule has 1 heterocycles. The summed E-state index contributed by atoms with van der Waals surface area (Å²) >= 11 is 1.84. The quantitative estimate of drug-likeness (QED) is 0.833. The summed E-state index contributed by atoms with van der Waals surface area (Å²) in [5.74, 6) is 0.671. The van der Waals surface area contributed by atoms with Gasteiger partial charge < -0.3 is 10.1 Å². The van der Waals surface area contributed by atoms with E-state index in [1.54, 1.807) is 7.11 Å². The van der Waals surface area contributed by atoms with E-state index in [0.717, 1.165) is 6.42 Å². The highest BCUT2D eigenvalue weighted by Gasteiger charge is 2.49. The van der Waals surface area contributed by atoms with Gasteiger partial charge in [0.05, 0.1) is 17.8 Å². The SMILES string of the molecule is CCc1nc(C(COC)(NC(C)C)C2CC2)sc1C. The Balaban J connectivity index is 2.38. The Labute approximate surface area is 120 Å². The van der Waals surface area contributed by atoms with Gasteiger partial charge >= 0.3 is 0 Å². The monoisotopic (exact) mass is 282 g/mol. The lowest BCUT2D eigenvalue weighted by Crippen LogP contribution is -2.51. The highest BCUT2D eigenvalue weighted by Crippen LogP contribution is 2.47. The number of nitrogens with one attached hydrogen (secondary N) is 1. The molecule has 0 bridgehead atoms. The van der Waals surface area contributed by atoms with Crippen LogP contribution in [0.3, 0.4) is 0 Å². The number of aromatic nitrogens is 1. The molecule has 1 fully saturated rings. The molecule has 3 nitrogen and oxygen atoms in total. The van der Waals surface area contributed by atoms with Crippen molar-refractivity contribution in [3.05, 3.63) is 15.6 Å². The maximum Gasteiger partial charge on any atom is 0.116 e. The van der Waals surface area contributed by atoms with Crippen LogP contribution in [0.25, 0.3) is 0 Å². The number of thiazole rings is 1. The van der Waals surface area contributed by atoms with E-state index in [-0.39, 0.29) is 5.54 Å². The van der Waals surface area contributed by atoms with Crippen LogP contribution in [0.5, 0.6) is 0 Å². The van der Waals surface area contributed by atoms with Crippen LogP contribution in [-0.4, -0.2) is 24.7 Å². The Kier molecular flexibility index (Phi) is 4.64. The molecule has 108 valence electrons. The first-order valence-electron chi connectivity index (χ1n) is 7.27. The van der Waals surface area contributed by atoms with Crippen molar-refractivity contribution in [2.75, 3.05) is 13.7 Å². The minimum Gasteiger partial charge on any atom is -0.382 e. The zero-order valence-electron chi connectivity index (χ0n) is 12.7. The number of ether oxygens (including phenoxy) is 1. The first-order chi connectivity index (χ1) is 9.03. The molecule has 1 aliphatic carbocycles. The Morgan fingerprint density at radius 3 is 2.58 bits per heavy atom. The summed E-state index contributed by atoms with van der Waals surface area (Å²) in [4.78, 5) is 6.26. The molecule has 0 radical (unpaired) electrons. The zero-order chi connectivity index (χ0) is 14.0. The molecule has 2 rings (SSSR count). The van der Waals surface area contributed by atoms with Crippen LogP contribution in [0.1, 0.15) is 49.2 Å². The third-order valence-electron chi connectivity index (χ3n) is 3.80.